The predicted octanol–water partition coefficient (Wildman–Crippen LogP) is 1.82. The fourth-order valence-electron chi connectivity index (χ4n) is 1.43. The summed E-state index contributed by atoms with van der Waals surface area (Å²) in [5, 5.41) is 3.92. The predicted molar refractivity (Wildman–Crippen MR) is 67.1 cm³/mol. The maximum Gasteiger partial charge on any atom is 0.251 e. The lowest BCUT2D eigenvalue weighted by Crippen LogP contribution is -2.25. The fraction of sp³-hybridized carbons (Fsp3) is 0.250. The van der Waals surface area contributed by atoms with Crippen LogP contribution in [-0.2, 0) is 6.42 Å². The molecular weight excluding hydrogens is 234 g/mol. The Kier molecular flexibility index (Phi) is 3.82. The molecule has 0 saturated carbocycles. The second kappa shape index (κ2) is 5.54. The van der Waals surface area contributed by atoms with Crippen LogP contribution in [0.3, 0.4) is 0 Å². The van der Waals surface area contributed by atoms with Gasteiger partial charge in [0.2, 0.25) is 0 Å². The van der Waals surface area contributed by atoms with Gasteiger partial charge in [-0.1, -0.05) is 0 Å². The molecule has 2 rings (SSSR count). The molecule has 17 heavy (non-hydrogen) atoms. The monoisotopic (exact) mass is 247 g/mol. The molecule has 0 spiro atoms. The molecule has 4 nitrogen and oxygen atoms in total. The van der Waals surface area contributed by atoms with Crippen molar-refractivity contribution in [1.82, 2.24) is 15.3 Å². The van der Waals surface area contributed by atoms with E-state index in [4.69, 9.17) is 0 Å². The first kappa shape index (κ1) is 11.7. The highest BCUT2D eigenvalue weighted by atomic mass is 32.1. The van der Waals surface area contributed by atoms with E-state index in [1.54, 1.807) is 35.9 Å². The molecule has 0 saturated heterocycles. The Hall–Kier alpha value is -1.75. The minimum Gasteiger partial charge on any atom is -0.352 e. The average Bonchev–Trinajstić information content (AvgIpc) is 2.76. The van der Waals surface area contributed by atoms with Gasteiger partial charge in [-0.3, -0.25) is 9.78 Å². The summed E-state index contributed by atoms with van der Waals surface area (Å²) >= 11 is 1.66. The highest BCUT2D eigenvalue weighted by molar-refractivity contribution is 7.11. The van der Waals surface area contributed by atoms with E-state index in [-0.39, 0.29) is 5.91 Å². The lowest BCUT2D eigenvalue weighted by atomic mass is 10.2. The number of thiazole rings is 1. The van der Waals surface area contributed by atoms with E-state index in [1.165, 1.54) is 4.88 Å². The zero-order chi connectivity index (χ0) is 12.1. The van der Waals surface area contributed by atoms with E-state index in [2.05, 4.69) is 15.3 Å². The Bertz CT molecular complexity index is 495. The molecule has 0 aliphatic rings. The number of nitrogens with one attached hydrogen (secondary N) is 1. The third-order valence-corrected chi connectivity index (χ3v) is 3.24. The van der Waals surface area contributed by atoms with Crippen molar-refractivity contribution in [3.05, 3.63) is 46.2 Å². The number of amides is 1. The van der Waals surface area contributed by atoms with Gasteiger partial charge in [0, 0.05) is 42.0 Å². The first-order valence-electron chi connectivity index (χ1n) is 5.35. The third kappa shape index (κ3) is 3.35. The molecule has 0 fully saturated rings. The molecule has 1 amide bonds. The van der Waals surface area contributed by atoms with Crippen LogP contribution in [0.15, 0.2) is 30.7 Å². The molecule has 0 bridgehead atoms. The van der Waals surface area contributed by atoms with Crippen molar-refractivity contribution in [3.8, 4) is 0 Å². The number of pyridine rings is 1. The summed E-state index contributed by atoms with van der Waals surface area (Å²) in [6, 6.07) is 3.40. The maximum absolute atomic E-state index is 11.7. The average molecular weight is 247 g/mol. The van der Waals surface area contributed by atoms with Crippen LogP contribution in [0.4, 0.5) is 0 Å². The molecule has 5 heteroatoms. The van der Waals surface area contributed by atoms with Gasteiger partial charge < -0.3 is 5.32 Å². The van der Waals surface area contributed by atoms with Gasteiger partial charge in [0.05, 0.1) is 5.01 Å². The van der Waals surface area contributed by atoms with Gasteiger partial charge >= 0.3 is 0 Å². The van der Waals surface area contributed by atoms with Crippen molar-refractivity contribution in [2.24, 2.45) is 0 Å². The summed E-state index contributed by atoms with van der Waals surface area (Å²) in [6.07, 6.45) is 5.91. The maximum atomic E-state index is 11.7. The van der Waals surface area contributed by atoms with Crippen LogP contribution in [0.5, 0.6) is 0 Å². The topological polar surface area (TPSA) is 54.9 Å². The van der Waals surface area contributed by atoms with Crippen LogP contribution in [0.2, 0.25) is 0 Å². The molecule has 2 heterocycles. The molecule has 0 atom stereocenters. The van der Waals surface area contributed by atoms with Crippen LogP contribution in [0, 0.1) is 6.92 Å². The normalized spacial score (nSPS) is 10.2. The van der Waals surface area contributed by atoms with E-state index in [1.807, 2.05) is 13.1 Å². The highest BCUT2D eigenvalue weighted by Crippen LogP contribution is 2.11. The third-order valence-electron chi connectivity index (χ3n) is 2.27. The number of carbonyl (C=O) groups excluding carboxylic acids is 1. The summed E-state index contributed by atoms with van der Waals surface area (Å²) in [5.41, 5.74) is 0.639. The number of rotatable bonds is 4. The summed E-state index contributed by atoms with van der Waals surface area (Å²) in [4.78, 5) is 20.9. The van der Waals surface area contributed by atoms with Crippen molar-refractivity contribution in [2.75, 3.05) is 6.54 Å². The standard InChI is InChI=1S/C12H13N3OS/c1-9-15-8-11(17-9)4-7-14-12(16)10-2-5-13-6-3-10/h2-3,5-6,8H,4,7H2,1H3,(H,14,16). The van der Waals surface area contributed by atoms with Crippen molar-refractivity contribution >= 4 is 17.2 Å². The Morgan fingerprint density at radius 3 is 2.82 bits per heavy atom. The van der Waals surface area contributed by atoms with E-state index in [0.717, 1.165) is 11.4 Å². The number of aryl methyl sites for hydroxylation is 1. The van der Waals surface area contributed by atoms with Gasteiger partial charge in [0.15, 0.2) is 0 Å². The van der Waals surface area contributed by atoms with Crippen molar-refractivity contribution in [2.45, 2.75) is 13.3 Å². The minimum absolute atomic E-state index is 0.0614. The summed E-state index contributed by atoms with van der Waals surface area (Å²) in [7, 11) is 0. The van der Waals surface area contributed by atoms with Gasteiger partial charge in [0.25, 0.3) is 5.91 Å². The number of carbonyl (C=O) groups is 1. The SMILES string of the molecule is Cc1ncc(CCNC(=O)c2ccncc2)s1. The van der Waals surface area contributed by atoms with Crippen LogP contribution < -0.4 is 5.32 Å². The lowest BCUT2D eigenvalue weighted by molar-refractivity contribution is 0.0954. The van der Waals surface area contributed by atoms with Crippen LogP contribution >= 0.6 is 11.3 Å². The second-order valence-corrected chi connectivity index (χ2v) is 4.91. The van der Waals surface area contributed by atoms with E-state index < -0.39 is 0 Å². The number of aromatic nitrogens is 2. The van der Waals surface area contributed by atoms with Crippen molar-refractivity contribution in [3.63, 3.8) is 0 Å². The number of nitrogens with zero attached hydrogens (tertiary/aromatic N) is 2. The molecule has 0 unspecified atom stereocenters. The lowest BCUT2D eigenvalue weighted by Gasteiger charge is -2.03. The molecule has 88 valence electrons. The fourth-order valence-corrected chi connectivity index (χ4v) is 2.22. The first-order chi connectivity index (χ1) is 8.25. The molecule has 2 aromatic heterocycles. The van der Waals surface area contributed by atoms with Gasteiger partial charge in [0.1, 0.15) is 0 Å². The smallest absolute Gasteiger partial charge is 0.251 e. The quantitative estimate of drug-likeness (QED) is 0.896. The van der Waals surface area contributed by atoms with E-state index in [0.29, 0.717) is 12.1 Å². The number of hydrogen-bond acceptors (Lipinski definition) is 4. The minimum atomic E-state index is -0.0614. The molecule has 0 aliphatic heterocycles. The van der Waals surface area contributed by atoms with Gasteiger partial charge in [-0.05, 0) is 19.1 Å². The van der Waals surface area contributed by atoms with Gasteiger partial charge in [-0.2, -0.15) is 0 Å². The van der Waals surface area contributed by atoms with Crippen LogP contribution in [-0.4, -0.2) is 22.4 Å². The van der Waals surface area contributed by atoms with Crippen LogP contribution in [0.1, 0.15) is 20.2 Å². The molecule has 2 aromatic rings. The van der Waals surface area contributed by atoms with Gasteiger partial charge in [-0.15, -0.1) is 11.3 Å². The zero-order valence-corrected chi connectivity index (χ0v) is 10.3. The summed E-state index contributed by atoms with van der Waals surface area (Å²) in [5.74, 6) is -0.0614. The van der Waals surface area contributed by atoms with E-state index >= 15 is 0 Å². The number of hydrogen-bond donors (Lipinski definition) is 1. The van der Waals surface area contributed by atoms with Crippen molar-refractivity contribution < 1.29 is 4.79 Å². The van der Waals surface area contributed by atoms with Crippen molar-refractivity contribution in [1.29, 1.82) is 0 Å². The molecule has 1 N–H and O–H groups in total. The van der Waals surface area contributed by atoms with Crippen LogP contribution in [0.25, 0.3) is 0 Å². The molecule has 0 aliphatic carbocycles. The second-order valence-electron chi connectivity index (χ2n) is 3.59. The Balaban J connectivity index is 1.81. The Morgan fingerprint density at radius 1 is 1.41 bits per heavy atom. The van der Waals surface area contributed by atoms with E-state index in [9.17, 15) is 4.79 Å². The Morgan fingerprint density at radius 2 is 2.18 bits per heavy atom. The van der Waals surface area contributed by atoms with Gasteiger partial charge in [-0.25, -0.2) is 4.98 Å². The zero-order valence-electron chi connectivity index (χ0n) is 9.51. The summed E-state index contributed by atoms with van der Waals surface area (Å²) < 4.78 is 0. The molecular formula is C12H13N3OS. The molecule has 0 aromatic carbocycles. The highest BCUT2D eigenvalue weighted by Gasteiger charge is 2.04. The largest absolute Gasteiger partial charge is 0.352 e. The first-order valence-corrected chi connectivity index (χ1v) is 6.17. The summed E-state index contributed by atoms with van der Waals surface area (Å²) in [6.45, 7) is 2.60. The Labute approximate surface area is 104 Å². The molecule has 0 radical (unpaired) electrons.